The molecule has 20 heavy (non-hydrogen) atoms. The summed E-state index contributed by atoms with van der Waals surface area (Å²) < 4.78 is 5.36. The minimum atomic E-state index is -0.291. The van der Waals surface area contributed by atoms with Gasteiger partial charge in [-0.05, 0) is 31.2 Å². The smallest absolute Gasteiger partial charge is 0.255 e. The summed E-state index contributed by atoms with van der Waals surface area (Å²) in [6, 6.07) is 8.11. The fraction of sp³-hybridized carbons (Fsp3) is 0.143. The number of nitrogens with two attached hydrogens (primary N) is 1. The van der Waals surface area contributed by atoms with Gasteiger partial charge in [-0.25, -0.2) is 4.98 Å². The normalized spacial score (nSPS) is 10.1. The molecule has 104 valence electrons. The SMILES string of the molecule is CCOc1cc(N)cc(C(=O)Nc2ccnc(Cl)c2)c1. The van der Waals surface area contributed by atoms with Crippen molar-refractivity contribution in [1.29, 1.82) is 0 Å². The minimum absolute atomic E-state index is 0.291. The summed E-state index contributed by atoms with van der Waals surface area (Å²) in [6.45, 7) is 2.37. The topological polar surface area (TPSA) is 77.2 Å². The molecular weight excluding hydrogens is 278 g/mol. The Bertz CT molecular complexity index is 632. The highest BCUT2D eigenvalue weighted by molar-refractivity contribution is 6.29. The second kappa shape index (κ2) is 6.25. The zero-order chi connectivity index (χ0) is 14.5. The van der Waals surface area contributed by atoms with Gasteiger partial charge in [0.25, 0.3) is 5.91 Å². The number of pyridine rings is 1. The van der Waals surface area contributed by atoms with Crippen molar-refractivity contribution in [3.8, 4) is 5.75 Å². The Kier molecular flexibility index (Phi) is 4.42. The van der Waals surface area contributed by atoms with Crippen LogP contribution in [0.5, 0.6) is 5.75 Å². The van der Waals surface area contributed by atoms with E-state index in [-0.39, 0.29) is 5.91 Å². The molecule has 0 aliphatic carbocycles. The van der Waals surface area contributed by atoms with Crippen LogP contribution in [0.2, 0.25) is 5.15 Å². The van der Waals surface area contributed by atoms with Gasteiger partial charge in [-0.3, -0.25) is 4.79 Å². The van der Waals surface area contributed by atoms with Crippen molar-refractivity contribution in [2.75, 3.05) is 17.7 Å². The van der Waals surface area contributed by atoms with E-state index in [4.69, 9.17) is 22.1 Å². The first-order chi connectivity index (χ1) is 9.58. The van der Waals surface area contributed by atoms with Crippen molar-refractivity contribution in [2.24, 2.45) is 0 Å². The lowest BCUT2D eigenvalue weighted by Gasteiger charge is -2.09. The van der Waals surface area contributed by atoms with Gasteiger partial charge in [0.1, 0.15) is 10.9 Å². The maximum atomic E-state index is 12.1. The monoisotopic (exact) mass is 291 g/mol. The molecule has 1 aromatic carbocycles. The molecule has 0 unspecified atom stereocenters. The van der Waals surface area contributed by atoms with Crippen molar-refractivity contribution in [2.45, 2.75) is 6.92 Å². The Morgan fingerprint density at radius 3 is 2.90 bits per heavy atom. The molecule has 1 aromatic heterocycles. The first kappa shape index (κ1) is 14.1. The molecule has 5 nitrogen and oxygen atoms in total. The first-order valence-electron chi connectivity index (χ1n) is 6.04. The summed E-state index contributed by atoms with van der Waals surface area (Å²) in [5, 5.41) is 3.03. The van der Waals surface area contributed by atoms with Crippen LogP contribution in [0.1, 0.15) is 17.3 Å². The third-order valence-electron chi connectivity index (χ3n) is 2.49. The first-order valence-corrected chi connectivity index (χ1v) is 6.42. The van der Waals surface area contributed by atoms with Gasteiger partial charge >= 0.3 is 0 Å². The lowest BCUT2D eigenvalue weighted by Crippen LogP contribution is -2.12. The summed E-state index contributed by atoms with van der Waals surface area (Å²) in [7, 11) is 0. The molecule has 6 heteroatoms. The van der Waals surface area contributed by atoms with Gasteiger partial charge in [-0.15, -0.1) is 0 Å². The number of carbonyl (C=O) groups is 1. The molecule has 0 fully saturated rings. The summed E-state index contributed by atoms with van der Waals surface area (Å²) in [5.41, 5.74) is 7.20. The van der Waals surface area contributed by atoms with E-state index in [0.717, 1.165) is 0 Å². The zero-order valence-electron chi connectivity index (χ0n) is 10.9. The Balaban J connectivity index is 2.20. The van der Waals surface area contributed by atoms with E-state index in [0.29, 0.717) is 34.4 Å². The largest absolute Gasteiger partial charge is 0.494 e. The second-order valence-corrected chi connectivity index (χ2v) is 4.43. The van der Waals surface area contributed by atoms with Crippen LogP contribution >= 0.6 is 11.6 Å². The lowest BCUT2D eigenvalue weighted by molar-refractivity contribution is 0.102. The van der Waals surface area contributed by atoms with Crippen molar-refractivity contribution >= 4 is 28.9 Å². The maximum absolute atomic E-state index is 12.1. The maximum Gasteiger partial charge on any atom is 0.255 e. The number of hydrogen-bond acceptors (Lipinski definition) is 4. The van der Waals surface area contributed by atoms with E-state index in [1.165, 1.54) is 6.20 Å². The molecular formula is C14H14ClN3O2. The van der Waals surface area contributed by atoms with Crippen molar-refractivity contribution in [3.05, 3.63) is 47.2 Å². The quantitative estimate of drug-likeness (QED) is 0.670. The van der Waals surface area contributed by atoms with Crippen LogP contribution in [0, 0.1) is 0 Å². The molecule has 0 aliphatic rings. The summed E-state index contributed by atoms with van der Waals surface area (Å²) in [5.74, 6) is 0.269. The summed E-state index contributed by atoms with van der Waals surface area (Å²) in [4.78, 5) is 16.0. The van der Waals surface area contributed by atoms with E-state index in [2.05, 4.69) is 10.3 Å². The number of hydrogen-bond donors (Lipinski definition) is 2. The average Bonchev–Trinajstić information content (AvgIpc) is 2.38. The van der Waals surface area contributed by atoms with Gasteiger partial charge in [0.15, 0.2) is 0 Å². The van der Waals surface area contributed by atoms with E-state index in [9.17, 15) is 4.79 Å². The highest BCUT2D eigenvalue weighted by atomic mass is 35.5. The van der Waals surface area contributed by atoms with Gasteiger partial charge in [0.2, 0.25) is 0 Å². The number of aromatic nitrogens is 1. The summed E-state index contributed by atoms with van der Waals surface area (Å²) in [6.07, 6.45) is 1.52. The van der Waals surface area contributed by atoms with E-state index in [1.807, 2.05) is 6.92 Å². The number of nitrogen functional groups attached to an aromatic ring is 1. The Morgan fingerprint density at radius 2 is 2.20 bits per heavy atom. The molecule has 1 heterocycles. The third-order valence-corrected chi connectivity index (χ3v) is 2.69. The van der Waals surface area contributed by atoms with Gasteiger partial charge in [-0.2, -0.15) is 0 Å². The van der Waals surface area contributed by atoms with Gasteiger partial charge in [0, 0.05) is 29.2 Å². The molecule has 0 saturated heterocycles. The van der Waals surface area contributed by atoms with E-state index in [1.54, 1.807) is 30.3 Å². The third kappa shape index (κ3) is 3.61. The zero-order valence-corrected chi connectivity index (χ0v) is 11.6. The number of nitrogens with one attached hydrogen (secondary N) is 1. The molecule has 3 N–H and O–H groups in total. The van der Waals surface area contributed by atoms with Crippen molar-refractivity contribution < 1.29 is 9.53 Å². The number of benzene rings is 1. The van der Waals surface area contributed by atoms with E-state index < -0.39 is 0 Å². The molecule has 0 radical (unpaired) electrons. The minimum Gasteiger partial charge on any atom is -0.494 e. The molecule has 0 bridgehead atoms. The van der Waals surface area contributed by atoms with Gasteiger partial charge < -0.3 is 15.8 Å². The lowest BCUT2D eigenvalue weighted by atomic mass is 10.1. The number of amides is 1. The van der Waals surface area contributed by atoms with Gasteiger partial charge in [-0.1, -0.05) is 11.6 Å². The predicted octanol–water partition coefficient (Wildman–Crippen LogP) is 2.97. The molecule has 0 saturated carbocycles. The van der Waals surface area contributed by atoms with Crippen molar-refractivity contribution in [1.82, 2.24) is 4.98 Å². The number of nitrogens with zero attached hydrogens (tertiary/aromatic N) is 1. The Morgan fingerprint density at radius 1 is 1.40 bits per heavy atom. The number of halogens is 1. The average molecular weight is 292 g/mol. The van der Waals surface area contributed by atoms with Crippen LogP contribution in [0.15, 0.2) is 36.5 Å². The van der Waals surface area contributed by atoms with Crippen LogP contribution in [-0.4, -0.2) is 17.5 Å². The van der Waals surface area contributed by atoms with Crippen LogP contribution < -0.4 is 15.8 Å². The fourth-order valence-electron chi connectivity index (χ4n) is 1.69. The van der Waals surface area contributed by atoms with Crippen molar-refractivity contribution in [3.63, 3.8) is 0 Å². The molecule has 2 rings (SSSR count). The van der Waals surface area contributed by atoms with Crippen LogP contribution in [0.25, 0.3) is 0 Å². The summed E-state index contributed by atoms with van der Waals surface area (Å²) >= 11 is 5.76. The van der Waals surface area contributed by atoms with Crippen LogP contribution in [0.3, 0.4) is 0 Å². The molecule has 0 aliphatic heterocycles. The predicted molar refractivity (Wildman–Crippen MR) is 79.2 cm³/mol. The standard InChI is InChI=1S/C14H14ClN3O2/c1-2-20-12-6-9(5-10(16)7-12)14(19)18-11-3-4-17-13(15)8-11/h3-8H,2,16H2,1H3,(H,17,18,19). The second-order valence-electron chi connectivity index (χ2n) is 4.05. The molecule has 0 atom stereocenters. The fourth-order valence-corrected chi connectivity index (χ4v) is 1.86. The number of carbonyl (C=O) groups excluding carboxylic acids is 1. The number of rotatable bonds is 4. The van der Waals surface area contributed by atoms with Crippen LogP contribution in [-0.2, 0) is 0 Å². The number of ether oxygens (including phenoxy) is 1. The Labute approximate surface area is 121 Å². The Hall–Kier alpha value is -2.27. The number of anilines is 2. The van der Waals surface area contributed by atoms with Crippen LogP contribution in [0.4, 0.5) is 11.4 Å². The molecule has 1 amide bonds. The van der Waals surface area contributed by atoms with E-state index >= 15 is 0 Å². The highest BCUT2D eigenvalue weighted by Gasteiger charge is 2.09. The van der Waals surface area contributed by atoms with Gasteiger partial charge in [0.05, 0.1) is 6.61 Å². The highest BCUT2D eigenvalue weighted by Crippen LogP contribution is 2.20. The molecule has 0 spiro atoms. The molecule has 2 aromatic rings.